The molecule has 1 aliphatic heterocycles. The predicted molar refractivity (Wildman–Crippen MR) is 90.6 cm³/mol. The molecular formula is C16H15N3O4S. The molecule has 2 aromatic carbocycles. The Morgan fingerprint density at radius 3 is 2.54 bits per heavy atom. The van der Waals surface area contributed by atoms with Crippen molar-refractivity contribution >= 4 is 39.6 Å². The Morgan fingerprint density at radius 1 is 1.17 bits per heavy atom. The largest absolute Gasteiger partial charge is 0.507 e. The highest BCUT2D eigenvalue weighted by Gasteiger charge is 2.23. The molecule has 0 radical (unpaired) electrons. The van der Waals surface area contributed by atoms with Crippen molar-refractivity contribution in [3.8, 4) is 5.75 Å². The SMILES string of the molecule is O=C(CN1CCSC1=O)NNC(=O)c1cc2ccccc2cc1O. The van der Waals surface area contributed by atoms with Gasteiger partial charge in [0.1, 0.15) is 12.3 Å². The van der Waals surface area contributed by atoms with Crippen LogP contribution in [0.25, 0.3) is 10.8 Å². The molecule has 3 N–H and O–H groups in total. The van der Waals surface area contributed by atoms with Gasteiger partial charge < -0.3 is 10.0 Å². The van der Waals surface area contributed by atoms with Crippen LogP contribution in [0.15, 0.2) is 36.4 Å². The summed E-state index contributed by atoms with van der Waals surface area (Å²) in [6.45, 7) is 0.395. The summed E-state index contributed by atoms with van der Waals surface area (Å²) >= 11 is 1.16. The second kappa shape index (κ2) is 6.79. The summed E-state index contributed by atoms with van der Waals surface area (Å²) in [6, 6.07) is 10.3. The van der Waals surface area contributed by atoms with Gasteiger partial charge in [0.25, 0.3) is 17.1 Å². The Bertz CT molecular complexity index is 824. The number of phenolic OH excluding ortho intramolecular Hbond substituents is 1. The van der Waals surface area contributed by atoms with Crippen LogP contribution in [0.3, 0.4) is 0 Å². The van der Waals surface area contributed by atoms with Crippen LogP contribution in [-0.4, -0.2) is 45.9 Å². The number of carbonyl (C=O) groups is 3. The molecule has 0 aliphatic carbocycles. The van der Waals surface area contributed by atoms with E-state index in [2.05, 4.69) is 10.9 Å². The van der Waals surface area contributed by atoms with Gasteiger partial charge in [0.05, 0.1) is 5.56 Å². The number of carbonyl (C=O) groups excluding carboxylic acids is 3. The van der Waals surface area contributed by atoms with Gasteiger partial charge in [0.15, 0.2) is 0 Å². The van der Waals surface area contributed by atoms with Crippen molar-refractivity contribution in [2.75, 3.05) is 18.8 Å². The third-order valence-corrected chi connectivity index (χ3v) is 4.50. The average Bonchev–Trinajstić information content (AvgIpc) is 2.97. The van der Waals surface area contributed by atoms with Crippen LogP contribution in [0.2, 0.25) is 0 Å². The molecule has 24 heavy (non-hydrogen) atoms. The zero-order valence-electron chi connectivity index (χ0n) is 12.6. The number of hydrogen-bond donors (Lipinski definition) is 3. The molecule has 7 nitrogen and oxygen atoms in total. The number of thioether (sulfide) groups is 1. The first kappa shape index (κ1) is 16.1. The van der Waals surface area contributed by atoms with Gasteiger partial charge in [0.2, 0.25) is 0 Å². The minimum absolute atomic E-state index is 0.0572. The van der Waals surface area contributed by atoms with E-state index in [-0.39, 0.29) is 23.1 Å². The number of nitrogens with one attached hydrogen (secondary N) is 2. The number of rotatable bonds is 3. The van der Waals surface area contributed by atoms with Gasteiger partial charge >= 0.3 is 0 Å². The van der Waals surface area contributed by atoms with E-state index in [4.69, 9.17) is 0 Å². The van der Waals surface area contributed by atoms with Gasteiger partial charge in [-0.25, -0.2) is 0 Å². The first-order valence-electron chi connectivity index (χ1n) is 7.27. The number of benzene rings is 2. The normalized spacial score (nSPS) is 14.0. The molecule has 0 atom stereocenters. The van der Waals surface area contributed by atoms with Crippen molar-refractivity contribution in [2.24, 2.45) is 0 Å². The second-order valence-electron chi connectivity index (χ2n) is 5.25. The van der Waals surface area contributed by atoms with Crippen LogP contribution >= 0.6 is 11.8 Å². The molecule has 8 heteroatoms. The fourth-order valence-corrected chi connectivity index (χ4v) is 3.21. The number of amides is 3. The standard InChI is InChI=1S/C16H15N3O4S/c20-13-8-11-4-2-1-3-10(11)7-12(13)15(22)18-17-14(21)9-19-5-6-24-16(19)23/h1-4,7-8,20H,5-6,9H2,(H,17,21)(H,18,22). The lowest BCUT2D eigenvalue weighted by atomic mass is 10.1. The van der Waals surface area contributed by atoms with E-state index < -0.39 is 11.8 Å². The lowest BCUT2D eigenvalue weighted by molar-refractivity contribution is -0.122. The summed E-state index contributed by atoms with van der Waals surface area (Å²) in [6.07, 6.45) is 0. The lowest BCUT2D eigenvalue weighted by Crippen LogP contribution is -2.46. The molecule has 1 fully saturated rings. The molecule has 2 aromatic rings. The van der Waals surface area contributed by atoms with Crippen molar-refractivity contribution in [3.63, 3.8) is 0 Å². The van der Waals surface area contributed by atoms with E-state index in [0.29, 0.717) is 12.3 Å². The minimum atomic E-state index is -0.631. The van der Waals surface area contributed by atoms with E-state index in [0.717, 1.165) is 22.5 Å². The van der Waals surface area contributed by atoms with Crippen LogP contribution < -0.4 is 10.9 Å². The van der Waals surface area contributed by atoms with Crippen LogP contribution in [-0.2, 0) is 4.79 Å². The Morgan fingerprint density at radius 2 is 1.88 bits per heavy atom. The molecule has 1 heterocycles. The molecule has 0 spiro atoms. The zero-order valence-corrected chi connectivity index (χ0v) is 13.4. The quantitative estimate of drug-likeness (QED) is 0.732. The van der Waals surface area contributed by atoms with Crippen molar-refractivity contribution in [2.45, 2.75) is 0 Å². The maximum Gasteiger partial charge on any atom is 0.282 e. The Kier molecular flexibility index (Phi) is 4.57. The summed E-state index contributed by atoms with van der Waals surface area (Å²) in [5.74, 6) is -0.650. The minimum Gasteiger partial charge on any atom is -0.507 e. The molecule has 1 aliphatic rings. The van der Waals surface area contributed by atoms with Crippen molar-refractivity contribution < 1.29 is 19.5 Å². The summed E-state index contributed by atoms with van der Waals surface area (Å²) in [5.41, 5.74) is 4.56. The molecule has 0 bridgehead atoms. The van der Waals surface area contributed by atoms with Gasteiger partial charge in [-0.05, 0) is 22.9 Å². The van der Waals surface area contributed by atoms with Crippen LogP contribution in [0.1, 0.15) is 10.4 Å². The number of hydrazine groups is 1. The van der Waals surface area contributed by atoms with E-state index in [1.807, 2.05) is 24.3 Å². The first-order valence-corrected chi connectivity index (χ1v) is 8.26. The Labute approximate surface area is 142 Å². The lowest BCUT2D eigenvalue weighted by Gasteiger charge is -2.14. The Balaban J connectivity index is 1.63. The molecule has 124 valence electrons. The third-order valence-electron chi connectivity index (χ3n) is 3.60. The topological polar surface area (TPSA) is 98.7 Å². The van der Waals surface area contributed by atoms with Gasteiger partial charge in [0, 0.05) is 12.3 Å². The Hall–Kier alpha value is -2.74. The maximum atomic E-state index is 12.1. The second-order valence-corrected chi connectivity index (χ2v) is 6.30. The van der Waals surface area contributed by atoms with Gasteiger partial charge in [-0.3, -0.25) is 25.2 Å². The highest BCUT2D eigenvalue weighted by Crippen LogP contribution is 2.24. The summed E-state index contributed by atoms with van der Waals surface area (Å²) in [4.78, 5) is 36.8. The summed E-state index contributed by atoms with van der Waals surface area (Å²) in [5, 5.41) is 11.4. The number of hydrogen-bond acceptors (Lipinski definition) is 5. The third kappa shape index (κ3) is 3.43. The highest BCUT2D eigenvalue weighted by molar-refractivity contribution is 8.13. The summed E-state index contributed by atoms with van der Waals surface area (Å²) in [7, 11) is 0. The monoisotopic (exact) mass is 345 g/mol. The van der Waals surface area contributed by atoms with Crippen molar-refractivity contribution in [1.29, 1.82) is 0 Å². The van der Waals surface area contributed by atoms with Crippen LogP contribution in [0.5, 0.6) is 5.75 Å². The number of aromatic hydroxyl groups is 1. The van der Waals surface area contributed by atoms with Gasteiger partial charge in [-0.1, -0.05) is 36.0 Å². The highest BCUT2D eigenvalue weighted by atomic mass is 32.2. The molecule has 3 rings (SSSR count). The van der Waals surface area contributed by atoms with Crippen molar-refractivity contribution in [1.82, 2.24) is 15.8 Å². The van der Waals surface area contributed by atoms with E-state index >= 15 is 0 Å². The zero-order chi connectivity index (χ0) is 17.1. The number of nitrogens with zero attached hydrogens (tertiary/aromatic N) is 1. The van der Waals surface area contributed by atoms with Crippen LogP contribution in [0.4, 0.5) is 4.79 Å². The molecule has 0 unspecified atom stereocenters. The van der Waals surface area contributed by atoms with Crippen molar-refractivity contribution in [3.05, 3.63) is 42.0 Å². The summed E-state index contributed by atoms with van der Waals surface area (Å²) < 4.78 is 0. The van der Waals surface area contributed by atoms with E-state index in [1.54, 1.807) is 6.07 Å². The average molecular weight is 345 g/mol. The molecule has 1 saturated heterocycles. The predicted octanol–water partition coefficient (Wildman–Crippen LogP) is 1.48. The van der Waals surface area contributed by atoms with E-state index in [9.17, 15) is 19.5 Å². The fourth-order valence-electron chi connectivity index (χ4n) is 2.39. The van der Waals surface area contributed by atoms with E-state index in [1.165, 1.54) is 11.0 Å². The number of phenols is 1. The molecule has 0 saturated carbocycles. The van der Waals surface area contributed by atoms with Gasteiger partial charge in [-0.15, -0.1) is 0 Å². The first-order chi connectivity index (χ1) is 11.5. The van der Waals surface area contributed by atoms with Gasteiger partial charge in [-0.2, -0.15) is 0 Å². The molecular weight excluding hydrogens is 330 g/mol. The van der Waals surface area contributed by atoms with Crippen LogP contribution in [0, 0.1) is 0 Å². The maximum absolute atomic E-state index is 12.1. The number of fused-ring (bicyclic) bond motifs is 1. The fraction of sp³-hybridized carbons (Fsp3) is 0.188. The molecule has 3 amide bonds. The smallest absolute Gasteiger partial charge is 0.282 e. The molecule has 0 aromatic heterocycles.